The van der Waals surface area contributed by atoms with Gasteiger partial charge in [-0.1, -0.05) is 75.7 Å². The average molecular weight is 325 g/mol. The van der Waals surface area contributed by atoms with Crippen LogP contribution in [0.1, 0.15) is 63.3 Å². The molecule has 1 aliphatic rings. The van der Waals surface area contributed by atoms with Gasteiger partial charge in [0.25, 0.3) is 0 Å². The lowest BCUT2D eigenvalue weighted by Crippen LogP contribution is -2.17. The van der Waals surface area contributed by atoms with Gasteiger partial charge in [-0.05, 0) is 64.1 Å². The van der Waals surface area contributed by atoms with Crippen molar-refractivity contribution in [3.63, 3.8) is 0 Å². The van der Waals surface area contributed by atoms with E-state index < -0.39 is 0 Å². The largest absolute Gasteiger partial charge is 0.0843 e. The van der Waals surface area contributed by atoms with Crippen LogP contribution < -0.4 is 0 Å². The third-order valence-corrected chi connectivity index (χ3v) is 5.32. The van der Waals surface area contributed by atoms with E-state index in [0.717, 1.165) is 5.02 Å². The Hall–Kier alpha value is -1.53. The predicted octanol–water partition coefficient (Wildman–Crippen LogP) is 6.86. The summed E-state index contributed by atoms with van der Waals surface area (Å²) < 4.78 is 0. The monoisotopic (exact) mass is 324 g/mol. The van der Waals surface area contributed by atoms with Crippen LogP contribution in [0.3, 0.4) is 0 Å². The Bertz CT molecular complexity index is 761. The second kappa shape index (κ2) is 5.53. The van der Waals surface area contributed by atoms with Gasteiger partial charge >= 0.3 is 0 Å². The third kappa shape index (κ3) is 3.10. The van der Waals surface area contributed by atoms with Crippen molar-refractivity contribution in [3.8, 4) is 0 Å². The van der Waals surface area contributed by atoms with Gasteiger partial charge in [-0.2, -0.15) is 0 Å². The van der Waals surface area contributed by atoms with E-state index in [1.54, 1.807) is 0 Å². The van der Waals surface area contributed by atoms with Crippen molar-refractivity contribution < 1.29 is 0 Å². The molecule has 0 saturated carbocycles. The molecule has 0 radical (unpaired) electrons. The van der Waals surface area contributed by atoms with Crippen LogP contribution in [0.5, 0.6) is 0 Å². The molecule has 0 unspecified atom stereocenters. The summed E-state index contributed by atoms with van der Waals surface area (Å²) in [6.07, 6.45) is 3.43. The second-order valence-corrected chi connectivity index (χ2v) is 8.52. The summed E-state index contributed by atoms with van der Waals surface area (Å²) in [5.74, 6) is 0. The van der Waals surface area contributed by atoms with Crippen molar-refractivity contribution in [2.24, 2.45) is 0 Å². The van der Waals surface area contributed by atoms with E-state index in [4.69, 9.17) is 11.6 Å². The molecule has 1 aliphatic carbocycles. The first kappa shape index (κ1) is 16.3. The maximum Gasteiger partial charge on any atom is 0.0406 e. The van der Waals surface area contributed by atoms with E-state index in [1.165, 1.54) is 34.2 Å². The van der Waals surface area contributed by atoms with E-state index in [1.807, 2.05) is 12.1 Å². The normalized spacial score (nSPS) is 18.8. The molecule has 3 rings (SSSR count). The fraction of sp³-hybridized carbons (Fsp3) is 0.364. The zero-order valence-corrected chi connectivity index (χ0v) is 15.5. The van der Waals surface area contributed by atoms with Gasteiger partial charge < -0.3 is 0 Å². The average Bonchev–Trinajstić information content (AvgIpc) is 2.66. The first-order valence-electron chi connectivity index (χ1n) is 8.28. The van der Waals surface area contributed by atoms with E-state index in [0.29, 0.717) is 0 Å². The van der Waals surface area contributed by atoms with Crippen molar-refractivity contribution in [1.82, 2.24) is 0 Å². The van der Waals surface area contributed by atoms with Gasteiger partial charge in [-0.3, -0.25) is 0 Å². The first-order valence-corrected chi connectivity index (χ1v) is 8.66. The minimum Gasteiger partial charge on any atom is -0.0843 e. The standard InChI is InChI=1S/C22H25Cl/c1-15(12-16-6-9-18(23)10-7-16)17-8-11-19-20(13-17)22(4,5)14-21(19,2)3/h6-13H,14H2,1-5H3. The van der Waals surface area contributed by atoms with Crippen molar-refractivity contribution in [2.75, 3.05) is 0 Å². The van der Waals surface area contributed by atoms with E-state index >= 15 is 0 Å². The molecule has 0 aromatic heterocycles. The highest BCUT2D eigenvalue weighted by Gasteiger charge is 2.41. The minimum absolute atomic E-state index is 0.245. The summed E-state index contributed by atoms with van der Waals surface area (Å²) >= 11 is 5.97. The van der Waals surface area contributed by atoms with Crippen LogP contribution in [0.25, 0.3) is 11.6 Å². The summed E-state index contributed by atoms with van der Waals surface area (Å²) in [5, 5.41) is 0.779. The highest BCUT2D eigenvalue weighted by Crippen LogP contribution is 2.49. The summed E-state index contributed by atoms with van der Waals surface area (Å²) in [5.41, 5.74) is 7.31. The van der Waals surface area contributed by atoms with Crippen LogP contribution in [0.2, 0.25) is 5.02 Å². The van der Waals surface area contributed by atoms with Crippen LogP contribution in [-0.4, -0.2) is 0 Å². The molecule has 2 aromatic carbocycles. The third-order valence-electron chi connectivity index (χ3n) is 5.07. The lowest BCUT2D eigenvalue weighted by molar-refractivity contribution is 0.403. The lowest BCUT2D eigenvalue weighted by atomic mass is 9.82. The molecule has 0 fully saturated rings. The van der Waals surface area contributed by atoms with Crippen molar-refractivity contribution in [2.45, 2.75) is 51.9 Å². The molecule has 0 atom stereocenters. The molecule has 2 aromatic rings. The molecule has 0 heterocycles. The topological polar surface area (TPSA) is 0 Å². The summed E-state index contributed by atoms with van der Waals surface area (Å²) in [6, 6.07) is 15.0. The maximum absolute atomic E-state index is 5.97. The van der Waals surface area contributed by atoms with Crippen LogP contribution in [0, 0.1) is 0 Å². The molecule has 0 N–H and O–H groups in total. The highest BCUT2D eigenvalue weighted by atomic mass is 35.5. The fourth-order valence-corrected chi connectivity index (χ4v) is 4.25. The number of hydrogen-bond acceptors (Lipinski definition) is 0. The number of rotatable bonds is 2. The quantitative estimate of drug-likeness (QED) is 0.529. The zero-order chi connectivity index (χ0) is 16.8. The van der Waals surface area contributed by atoms with Crippen molar-refractivity contribution in [1.29, 1.82) is 0 Å². The maximum atomic E-state index is 5.97. The second-order valence-electron chi connectivity index (χ2n) is 8.08. The lowest BCUT2D eigenvalue weighted by Gasteiger charge is -2.22. The molecule has 0 spiro atoms. The van der Waals surface area contributed by atoms with Gasteiger partial charge in [0.15, 0.2) is 0 Å². The minimum atomic E-state index is 0.245. The Morgan fingerprint density at radius 1 is 0.913 bits per heavy atom. The van der Waals surface area contributed by atoms with E-state index in [2.05, 4.69) is 71.0 Å². The first-order chi connectivity index (χ1) is 10.7. The smallest absolute Gasteiger partial charge is 0.0406 e. The molecule has 1 heteroatoms. The predicted molar refractivity (Wildman–Crippen MR) is 102 cm³/mol. The molecule has 120 valence electrons. The molecule has 23 heavy (non-hydrogen) atoms. The van der Waals surface area contributed by atoms with Crippen LogP contribution in [0.15, 0.2) is 42.5 Å². The van der Waals surface area contributed by atoms with Crippen LogP contribution >= 0.6 is 11.6 Å². The van der Waals surface area contributed by atoms with E-state index in [9.17, 15) is 0 Å². The number of hydrogen-bond donors (Lipinski definition) is 0. The Balaban J connectivity index is 2.01. The highest BCUT2D eigenvalue weighted by molar-refractivity contribution is 6.30. The van der Waals surface area contributed by atoms with Gasteiger partial charge in [0, 0.05) is 5.02 Å². The van der Waals surface area contributed by atoms with Gasteiger partial charge in [-0.25, -0.2) is 0 Å². The Labute approximate surface area is 145 Å². The molecule has 0 amide bonds. The summed E-state index contributed by atoms with van der Waals surface area (Å²) in [6.45, 7) is 11.6. The van der Waals surface area contributed by atoms with E-state index in [-0.39, 0.29) is 10.8 Å². The fourth-order valence-electron chi connectivity index (χ4n) is 4.13. The number of allylic oxidation sites excluding steroid dienone is 1. The summed E-state index contributed by atoms with van der Waals surface area (Å²) in [4.78, 5) is 0. The Morgan fingerprint density at radius 2 is 1.52 bits per heavy atom. The van der Waals surface area contributed by atoms with Crippen molar-refractivity contribution in [3.05, 3.63) is 69.7 Å². The molecular formula is C22H25Cl. The Morgan fingerprint density at radius 3 is 2.17 bits per heavy atom. The number of fused-ring (bicyclic) bond motifs is 1. The number of benzene rings is 2. The summed E-state index contributed by atoms with van der Waals surface area (Å²) in [7, 11) is 0. The molecule has 0 nitrogen and oxygen atoms in total. The Kier molecular flexibility index (Phi) is 3.92. The SMILES string of the molecule is CC(=Cc1ccc(Cl)cc1)c1ccc2c(c1)C(C)(C)CC2(C)C. The number of halogens is 1. The molecular weight excluding hydrogens is 300 g/mol. The van der Waals surface area contributed by atoms with Crippen LogP contribution in [-0.2, 0) is 10.8 Å². The molecule has 0 aliphatic heterocycles. The zero-order valence-electron chi connectivity index (χ0n) is 14.7. The van der Waals surface area contributed by atoms with Gasteiger partial charge in [0.2, 0.25) is 0 Å². The van der Waals surface area contributed by atoms with Crippen LogP contribution in [0.4, 0.5) is 0 Å². The van der Waals surface area contributed by atoms with Gasteiger partial charge in [0.05, 0.1) is 0 Å². The van der Waals surface area contributed by atoms with Gasteiger partial charge in [-0.15, -0.1) is 0 Å². The van der Waals surface area contributed by atoms with Gasteiger partial charge in [0.1, 0.15) is 0 Å². The van der Waals surface area contributed by atoms with Crippen molar-refractivity contribution >= 4 is 23.3 Å². The molecule has 0 bridgehead atoms. The molecule has 0 saturated heterocycles.